The quantitative estimate of drug-likeness (QED) is 0.644. The van der Waals surface area contributed by atoms with Gasteiger partial charge in [-0.25, -0.2) is 0 Å². The molecule has 0 aliphatic heterocycles. The lowest BCUT2D eigenvalue weighted by Crippen LogP contribution is -2.10. The maximum Gasteiger partial charge on any atom is 0.0437 e. The summed E-state index contributed by atoms with van der Waals surface area (Å²) in [5.41, 5.74) is 3.73. The largest absolute Gasteiger partial charge is 0.377 e. The van der Waals surface area contributed by atoms with E-state index in [1.807, 2.05) is 20.2 Å². The van der Waals surface area contributed by atoms with Gasteiger partial charge in [-0.2, -0.15) is 0 Å². The molecule has 0 heterocycles. The Morgan fingerprint density at radius 1 is 1.33 bits per heavy atom. The van der Waals surface area contributed by atoms with Crippen LogP contribution in [0.25, 0.3) is 6.08 Å². The van der Waals surface area contributed by atoms with Crippen molar-refractivity contribution in [3.63, 3.8) is 0 Å². The fraction of sp³-hybridized carbons (Fsp3) is 0.273. The molecule has 0 aliphatic rings. The van der Waals surface area contributed by atoms with Gasteiger partial charge in [0, 0.05) is 25.3 Å². The minimum absolute atomic E-state index is 1.22. The lowest BCUT2D eigenvalue weighted by atomic mass is 10.1. The van der Waals surface area contributed by atoms with Gasteiger partial charge in [0.2, 0.25) is 0 Å². The third kappa shape index (κ3) is 1.50. The predicted octanol–water partition coefficient (Wildman–Crippen LogP) is 2.70. The molecule has 1 aromatic rings. The average molecular weight is 161 g/mol. The number of rotatable bonds is 2. The highest BCUT2D eigenvalue weighted by Gasteiger charge is 2.02. The predicted molar refractivity (Wildman–Crippen MR) is 55.6 cm³/mol. The van der Waals surface area contributed by atoms with Gasteiger partial charge in [-0.15, -0.1) is 0 Å². The molecule has 1 heteroatoms. The highest BCUT2D eigenvalue weighted by Crippen LogP contribution is 2.22. The van der Waals surface area contributed by atoms with Gasteiger partial charge >= 0.3 is 0 Å². The first-order valence-corrected chi connectivity index (χ1v) is 4.06. The van der Waals surface area contributed by atoms with Crippen LogP contribution in [-0.4, -0.2) is 14.1 Å². The Labute approximate surface area is 74.3 Å². The fourth-order valence-electron chi connectivity index (χ4n) is 1.32. The number of nitrogens with zero attached hydrogens (tertiary/aromatic N) is 1. The van der Waals surface area contributed by atoms with Crippen LogP contribution in [0.2, 0.25) is 0 Å². The highest BCUT2D eigenvalue weighted by molar-refractivity contribution is 5.69. The van der Waals surface area contributed by atoms with E-state index in [0.29, 0.717) is 0 Å². The standard InChI is InChI=1S/C11H15N/c1-5-10-9(2)7-6-8-11(10)12(3)4/h5-8H,1H2,2-4H3. The van der Waals surface area contributed by atoms with Gasteiger partial charge in [-0.3, -0.25) is 0 Å². The van der Waals surface area contributed by atoms with Gasteiger partial charge in [0.15, 0.2) is 0 Å². The third-order valence-corrected chi connectivity index (χ3v) is 1.99. The lowest BCUT2D eigenvalue weighted by molar-refractivity contribution is 1.12. The second kappa shape index (κ2) is 3.44. The van der Waals surface area contributed by atoms with Crippen LogP contribution in [0.5, 0.6) is 0 Å². The number of hydrogen-bond acceptors (Lipinski definition) is 1. The van der Waals surface area contributed by atoms with Crippen LogP contribution < -0.4 is 4.90 Å². The molecule has 0 saturated heterocycles. The molecule has 0 saturated carbocycles. The van der Waals surface area contributed by atoms with Gasteiger partial charge in [0.05, 0.1) is 0 Å². The van der Waals surface area contributed by atoms with E-state index in [2.05, 4.69) is 36.6 Å². The summed E-state index contributed by atoms with van der Waals surface area (Å²) >= 11 is 0. The topological polar surface area (TPSA) is 3.24 Å². The Morgan fingerprint density at radius 3 is 2.42 bits per heavy atom. The zero-order valence-corrected chi connectivity index (χ0v) is 7.96. The summed E-state index contributed by atoms with van der Waals surface area (Å²) in [4.78, 5) is 2.10. The van der Waals surface area contributed by atoms with Gasteiger partial charge in [-0.05, 0) is 18.6 Å². The first kappa shape index (κ1) is 8.85. The summed E-state index contributed by atoms with van der Waals surface area (Å²) in [7, 11) is 4.09. The minimum Gasteiger partial charge on any atom is -0.377 e. The molecule has 0 amide bonds. The molecule has 0 bridgehead atoms. The zero-order chi connectivity index (χ0) is 9.14. The number of aryl methyl sites for hydroxylation is 1. The van der Waals surface area contributed by atoms with E-state index in [9.17, 15) is 0 Å². The van der Waals surface area contributed by atoms with Crippen LogP contribution in [-0.2, 0) is 0 Å². The second-order valence-corrected chi connectivity index (χ2v) is 3.11. The van der Waals surface area contributed by atoms with Crippen LogP contribution in [0.1, 0.15) is 11.1 Å². The van der Waals surface area contributed by atoms with E-state index >= 15 is 0 Å². The Kier molecular flexibility index (Phi) is 2.54. The fourth-order valence-corrected chi connectivity index (χ4v) is 1.32. The SMILES string of the molecule is C=Cc1c(C)cccc1N(C)C. The van der Waals surface area contributed by atoms with Crippen LogP contribution in [0, 0.1) is 6.92 Å². The zero-order valence-electron chi connectivity index (χ0n) is 7.96. The first-order chi connectivity index (χ1) is 5.66. The number of hydrogen-bond donors (Lipinski definition) is 0. The molecule has 12 heavy (non-hydrogen) atoms. The molecule has 0 radical (unpaired) electrons. The highest BCUT2D eigenvalue weighted by atomic mass is 15.1. The molecular formula is C11H15N. The molecule has 0 unspecified atom stereocenters. The smallest absolute Gasteiger partial charge is 0.0437 e. The first-order valence-electron chi connectivity index (χ1n) is 4.06. The normalized spacial score (nSPS) is 9.58. The molecule has 1 rings (SSSR count). The molecule has 1 aromatic carbocycles. The van der Waals surface area contributed by atoms with Gasteiger partial charge < -0.3 is 4.90 Å². The molecule has 0 fully saturated rings. The Balaban J connectivity index is 3.27. The molecule has 64 valence electrons. The van der Waals surface area contributed by atoms with Crippen molar-refractivity contribution in [3.8, 4) is 0 Å². The molecular weight excluding hydrogens is 146 g/mol. The molecule has 0 aromatic heterocycles. The summed E-state index contributed by atoms with van der Waals surface area (Å²) < 4.78 is 0. The van der Waals surface area contributed by atoms with Crippen molar-refractivity contribution >= 4 is 11.8 Å². The van der Waals surface area contributed by atoms with Crippen LogP contribution in [0.3, 0.4) is 0 Å². The van der Waals surface area contributed by atoms with Crippen molar-refractivity contribution in [2.45, 2.75) is 6.92 Å². The molecule has 0 spiro atoms. The van der Waals surface area contributed by atoms with Gasteiger partial charge in [0.25, 0.3) is 0 Å². The summed E-state index contributed by atoms with van der Waals surface area (Å²) in [6.45, 7) is 5.91. The van der Waals surface area contributed by atoms with Crippen molar-refractivity contribution in [3.05, 3.63) is 35.9 Å². The van der Waals surface area contributed by atoms with Crippen LogP contribution >= 0.6 is 0 Å². The number of benzene rings is 1. The van der Waals surface area contributed by atoms with E-state index < -0.39 is 0 Å². The second-order valence-electron chi connectivity index (χ2n) is 3.11. The van der Waals surface area contributed by atoms with Gasteiger partial charge in [0.1, 0.15) is 0 Å². The lowest BCUT2D eigenvalue weighted by Gasteiger charge is -2.16. The van der Waals surface area contributed by atoms with Gasteiger partial charge in [-0.1, -0.05) is 24.8 Å². The van der Waals surface area contributed by atoms with Crippen molar-refractivity contribution < 1.29 is 0 Å². The van der Waals surface area contributed by atoms with Crippen molar-refractivity contribution in [1.29, 1.82) is 0 Å². The van der Waals surface area contributed by atoms with E-state index in [-0.39, 0.29) is 0 Å². The average Bonchev–Trinajstić information content (AvgIpc) is 2.03. The summed E-state index contributed by atoms with van der Waals surface area (Å²) in [6.07, 6.45) is 1.91. The van der Waals surface area contributed by atoms with Crippen molar-refractivity contribution in [2.24, 2.45) is 0 Å². The Morgan fingerprint density at radius 2 is 2.00 bits per heavy atom. The third-order valence-electron chi connectivity index (χ3n) is 1.99. The molecule has 1 nitrogen and oxygen atoms in total. The van der Waals surface area contributed by atoms with E-state index in [1.54, 1.807) is 0 Å². The Bertz CT molecular complexity index is 287. The molecule has 0 aliphatic carbocycles. The van der Waals surface area contributed by atoms with Crippen molar-refractivity contribution in [2.75, 3.05) is 19.0 Å². The maximum atomic E-state index is 3.81. The minimum atomic E-state index is 1.22. The summed E-state index contributed by atoms with van der Waals surface area (Å²) in [5.74, 6) is 0. The monoisotopic (exact) mass is 161 g/mol. The summed E-state index contributed by atoms with van der Waals surface area (Å²) in [5, 5.41) is 0. The molecule has 0 atom stereocenters. The van der Waals surface area contributed by atoms with Crippen molar-refractivity contribution in [1.82, 2.24) is 0 Å². The maximum absolute atomic E-state index is 3.81. The van der Waals surface area contributed by atoms with E-state index in [0.717, 1.165) is 0 Å². The Hall–Kier alpha value is -1.24. The number of anilines is 1. The van der Waals surface area contributed by atoms with E-state index in [4.69, 9.17) is 0 Å². The van der Waals surface area contributed by atoms with Crippen LogP contribution in [0.4, 0.5) is 5.69 Å². The van der Waals surface area contributed by atoms with Crippen LogP contribution in [0.15, 0.2) is 24.8 Å². The summed E-state index contributed by atoms with van der Waals surface area (Å²) in [6, 6.07) is 6.27. The van der Waals surface area contributed by atoms with E-state index in [1.165, 1.54) is 16.8 Å². The molecule has 0 N–H and O–H groups in total.